The first-order chi connectivity index (χ1) is 11.5. The summed E-state index contributed by atoms with van der Waals surface area (Å²) < 4.78 is 0. The summed E-state index contributed by atoms with van der Waals surface area (Å²) in [6.45, 7) is 2.27. The zero-order valence-corrected chi connectivity index (χ0v) is 14.5. The van der Waals surface area contributed by atoms with E-state index in [0.717, 1.165) is 0 Å². The van der Waals surface area contributed by atoms with Crippen LogP contribution in [0.2, 0.25) is 0 Å². The van der Waals surface area contributed by atoms with Gasteiger partial charge in [-0.05, 0) is 72.5 Å². The number of aliphatic carboxylic acids is 1. The van der Waals surface area contributed by atoms with Gasteiger partial charge in [0.15, 0.2) is 0 Å². The molecular weight excluding hydrogens is 296 g/mol. The van der Waals surface area contributed by atoms with Gasteiger partial charge in [0, 0.05) is 6.08 Å². The van der Waals surface area contributed by atoms with Crippen molar-refractivity contribution in [3.63, 3.8) is 0 Å². The smallest absolute Gasteiger partial charge is 0.327 e. The molecule has 1 aromatic rings. The van der Waals surface area contributed by atoms with Gasteiger partial charge in [0.2, 0.25) is 0 Å². The number of carbonyl (C=O) groups is 1. The fraction of sp³-hybridized carbons (Fsp3) is 0.500. The number of hydrogen-bond acceptors (Lipinski definition) is 1. The van der Waals surface area contributed by atoms with Crippen LogP contribution in [-0.2, 0) is 11.2 Å². The van der Waals surface area contributed by atoms with Crippen LogP contribution in [0.15, 0.2) is 42.0 Å². The summed E-state index contributed by atoms with van der Waals surface area (Å²) in [5.41, 5.74) is 7.00. The van der Waals surface area contributed by atoms with Gasteiger partial charge in [-0.3, -0.25) is 0 Å². The SMILES string of the molecule is CCCC1=C(CC23CC(/C=C/C(=O)O)(C2)C3)CCc2ccccc21. The zero-order chi connectivity index (χ0) is 16.8. The largest absolute Gasteiger partial charge is 0.478 e. The van der Waals surface area contributed by atoms with Gasteiger partial charge in [-0.2, -0.15) is 0 Å². The summed E-state index contributed by atoms with van der Waals surface area (Å²) >= 11 is 0. The van der Waals surface area contributed by atoms with E-state index in [1.165, 1.54) is 68.6 Å². The Morgan fingerprint density at radius 3 is 2.67 bits per heavy atom. The number of hydrogen-bond donors (Lipinski definition) is 1. The van der Waals surface area contributed by atoms with E-state index < -0.39 is 5.97 Å². The van der Waals surface area contributed by atoms with Crippen LogP contribution < -0.4 is 0 Å². The first-order valence-electron chi connectivity index (χ1n) is 9.26. The molecule has 0 amide bonds. The fourth-order valence-electron chi connectivity index (χ4n) is 5.57. The first-order valence-corrected chi connectivity index (χ1v) is 9.26. The highest BCUT2D eigenvalue weighted by Gasteiger charge is 2.65. The Labute approximate surface area is 144 Å². The van der Waals surface area contributed by atoms with Gasteiger partial charge < -0.3 is 5.11 Å². The van der Waals surface area contributed by atoms with Gasteiger partial charge >= 0.3 is 5.97 Å². The van der Waals surface area contributed by atoms with Gasteiger partial charge in [0.1, 0.15) is 0 Å². The lowest BCUT2D eigenvalue weighted by molar-refractivity contribution is -0.168. The van der Waals surface area contributed by atoms with Crippen molar-refractivity contribution in [1.29, 1.82) is 0 Å². The molecule has 4 aliphatic carbocycles. The van der Waals surface area contributed by atoms with Crippen molar-refractivity contribution in [3.05, 3.63) is 53.1 Å². The van der Waals surface area contributed by atoms with E-state index in [1.807, 2.05) is 6.08 Å². The second-order valence-corrected chi connectivity index (χ2v) is 8.23. The standard InChI is InChI=1S/C22H26O2/c1-2-5-18-17(9-8-16-6-3-4-7-19(16)18)12-22-13-21(14-22,15-22)11-10-20(23)24/h3-4,6-7,10-11H,2,5,8-9,12-15H2,1H3,(H,23,24)/b11-10+. The highest BCUT2D eigenvalue weighted by Crippen LogP contribution is 2.76. The van der Waals surface area contributed by atoms with E-state index in [-0.39, 0.29) is 5.41 Å². The number of allylic oxidation sites excluding steroid dienone is 3. The van der Waals surface area contributed by atoms with Crippen LogP contribution in [0, 0.1) is 10.8 Å². The van der Waals surface area contributed by atoms with Crippen molar-refractivity contribution in [2.75, 3.05) is 0 Å². The maximum Gasteiger partial charge on any atom is 0.327 e. The summed E-state index contributed by atoms with van der Waals surface area (Å²) in [7, 11) is 0. The second kappa shape index (κ2) is 5.61. The normalized spacial score (nSPS) is 30.7. The lowest BCUT2D eigenvalue weighted by atomic mass is 9.34. The van der Waals surface area contributed by atoms with Crippen molar-refractivity contribution in [2.24, 2.45) is 10.8 Å². The molecule has 0 radical (unpaired) electrons. The molecule has 3 fully saturated rings. The maximum atomic E-state index is 10.7. The molecule has 1 N–H and O–H groups in total. The highest BCUT2D eigenvalue weighted by molar-refractivity contribution is 5.80. The average Bonchev–Trinajstić information content (AvgIpc) is 2.50. The molecule has 24 heavy (non-hydrogen) atoms. The minimum atomic E-state index is -0.814. The second-order valence-electron chi connectivity index (χ2n) is 8.23. The topological polar surface area (TPSA) is 37.3 Å². The van der Waals surface area contributed by atoms with Crippen molar-refractivity contribution in [3.8, 4) is 0 Å². The Hall–Kier alpha value is -1.83. The molecule has 3 saturated carbocycles. The van der Waals surface area contributed by atoms with Crippen LogP contribution >= 0.6 is 0 Å². The van der Waals surface area contributed by atoms with Crippen molar-refractivity contribution >= 4 is 11.5 Å². The predicted octanol–water partition coefficient (Wildman–Crippen LogP) is 5.39. The number of carboxylic acids is 1. The van der Waals surface area contributed by atoms with Crippen LogP contribution in [-0.4, -0.2) is 11.1 Å². The van der Waals surface area contributed by atoms with Gasteiger partial charge in [0.05, 0.1) is 0 Å². The van der Waals surface area contributed by atoms with Crippen LogP contribution in [0.5, 0.6) is 0 Å². The van der Waals surface area contributed by atoms with Crippen molar-refractivity contribution in [2.45, 2.75) is 58.3 Å². The lowest BCUT2D eigenvalue weighted by Crippen LogP contribution is -2.60. The third-order valence-corrected chi connectivity index (χ3v) is 6.31. The van der Waals surface area contributed by atoms with E-state index in [1.54, 1.807) is 11.1 Å². The summed E-state index contributed by atoms with van der Waals surface area (Å²) in [4.78, 5) is 10.7. The number of aryl methyl sites for hydroxylation is 1. The van der Waals surface area contributed by atoms with E-state index in [9.17, 15) is 4.79 Å². The summed E-state index contributed by atoms with van der Waals surface area (Å²) in [6, 6.07) is 8.92. The molecule has 4 aliphatic rings. The molecule has 0 saturated heterocycles. The molecule has 126 valence electrons. The third kappa shape index (κ3) is 2.53. The number of fused-ring (bicyclic) bond motifs is 1. The van der Waals surface area contributed by atoms with Gasteiger partial charge in [-0.25, -0.2) is 4.79 Å². The molecule has 2 heteroatoms. The Bertz CT molecular complexity index is 718. The van der Waals surface area contributed by atoms with Crippen LogP contribution in [0.3, 0.4) is 0 Å². The molecule has 1 aromatic carbocycles. The monoisotopic (exact) mass is 322 g/mol. The molecule has 0 heterocycles. The lowest BCUT2D eigenvalue weighted by Gasteiger charge is -2.70. The third-order valence-electron chi connectivity index (χ3n) is 6.31. The minimum absolute atomic E-state index is 0.219. The van der Waals surface area contributed by atoms with Gasteiger partial charge in [-0.15, -0.1) is 0 Å². The molecule has 2 bridgehead atoms. The number of carboxylic acid groups (broad SMARTS) is 1. The van der Waals surface area contributed by atoms with Crippen molar-refractivity contribution in [1.82, 2.24) is 0 Å². The predicted molar refractivity (Wildman–Crippen MR) is 96.7 cm³/mol. The molecule has 5 rings (SSSR count). The Kier molecular flexibility index (Phi) is 3.67. The van der Waals surface area contributed by atoms with Crippen molar-refractivity contribution < 1.29 is 9.90 Å². The van der Waals surface area contributed by atoms with Gasteiger partial charge in [0.25, 0.3) is 0 Å². The van der Waals surface area contributed by atoms with E-state index in [2.05, 4.69) is 31.2 Å². The first kappa shape index (κ1) is 15.7. The molecule has 0 atom stereocenters. The van der Waals surface area contributed by atoms with E-state index in [0.29, 0.717) is 5.41 Å². The minimum Gasteiger partial charge on any atom is -0.478 e. The van der Waals surface area contributed by atoms with E-state index in [4.69, 9.17) is 5.11 Å². The molecule has 2 nitrogen and oxygen atoms in total. The molecule has 0 aromatic heterocycles. The van der Waals surface area contributed by atoms with Crippen LogP contribution in [0.1, 0.15) is 63.0 Å². The average molecular weight is 322 g/mol. The summed E-state index contributed by atoms with van der Waals surface area (Å²) in [5, 5.41) is 8.83. The van der Waals surface area contributed by atoms with E-state index >= 15 is 0 Å². The highest BCUT2D eigenvalue weighted by atomic mass is 16.4. The van der Waals surface area contributed by atoms with Gasteiger partial charge in [-0.1, -0.05) is 49.3 Å². The fourth-order valence-corrected chi connectivity index (χ4v) is 5.57. The zero-order valence-electron chi connectivity index (χ0n) is 14.5. The summed E-state index contributed by atoms with van der Waals surface area (Å²) in [5.74, 6) is -0.814. The summed E-state index contributed by atoms with van der Waals surface area (Å²) in [6.07, 6.45) is 12.9. The number of benzene rings is 1. The maximum absolute atomic E-state index is 10.7. The Morgan fingerprint density at radius 1 is 1.21 bits per heavy atom. The van der Waals surface area contributed by atoms with Crippen LogP contribution in [0.4, 0.5) is 0 Å². The molecule has 0 unspecified atom stereocenters. The molecular formula is C22H26O2. The number of rotatable bonds is 6. The molecule has 0 spiro atoms. The Balaban J connectivity index is 1.52. The quantitative estimate of drug-likeness (QED) is 0.713. The van der Waals surface area contributed by atoms with Crippen LogP contribution in [0.25, 0.3) is 5.57 Å². The Morgan fingerprint density at radius 2 is 1.96 bits per heavy atom. The molecule has 0 aliphatic heterocycles.